The number of Topliss-reactive ketones (excluding diaryl/α,β-unsaturated/α-hetero) is 1. The third-order valence-corrected chi connectivity index (χ3v) is 6.87. The highest BCUT2D eigenvalue weighted by Gasteiger charge is 2.19. The van der Waals surface area contributed by atoms with Gasteiger partial charge in [0.2, 0.25) is 0 Å². The second-order valence-electron chi connectivity index (χ2n) is 10.1. The summed E-state index contributed by atoms with van der Waals surface area (Å²) in [5, 5.41) is 10.5. The average Bonchev–Trinajstić information content (AvgIpc) is 3.04. The lowest BCUT2D eigenvalue weighted by atomic mass is 10.0. The number of aromatic hydroxyl groups is 1. The Hall–Kier alpha value is -5.23. The summed E-state index contributed by atoms with van der Waals surface area (Å²) in [6.07, 6.45) is 0.226. The zero-order valence-corrected chi connectivity index (χ0v) is 24.1. The minimum atomic E-state index is -0.0426. The summed E-state index contributed by atoms with van der Waals surface area (Å²) in [6.45, 7) is 0.945. The van der Waals surface area contributed by atoms with Crippen molar-refractivity contribution in [1.82, 2.24) is 0 Å². The van der Waals surface area contributed by atoms with Crippen LogP contribution in [0.3, 0.4) is 0 Å². The summed E-state index contributed by atoms with van der Waals surface area (Å²) < 4.78 is 23.8. The van der Waals surface area contributed by atoms with E-state index in [1.54, 1.807) is 7.11 Å². The van der Waals surface area contributed by atoms with Gasteiger partial charge in [-0.15, -0.1) is 0 Å². The molecule has 6 heteroatoms. The van der Waals surface area contributed by atoms with Crippen LogP contribution in [-0.2, 0) is 37.5 Å². The first-order chi connectivity index (χ1) is 21.1. The summed E-state index contributed by atoms with van der Waals surface area (Å²) in [6, 6.07) is 37.9. The van der Waals surface area contributed by atoms with Crippen LogP contribution in [0, 0.1) is 0 Å². The Morgan fingerprint density at radius 2 is 1.00 bits per heavy atom. The molecule has 0 unspecified atom stereocenters. The normalized spacial score (nSPS) is 10.6. The number of benzene rings is 5. The molecule has 0 heterocycles. The van der Waals surface area contributed by atoms with E-state index in [1.807, 2.05) is 109 Å². The molecule has 5 aromatic rings. The number of phenols is 1. The predicted molar refractivity (Wildman–Crippen MR) is 166 cm³/mol. The number of hydrogen-bond donors (Lipinski definition) is 1. The number of ether oxygens (including phenoxy) is 4. The summed E-state index contributed by atoms with van der Waals surface area (Å²) in [5.41, 5.74) is 4.35. The van der Waals surface area contributed by atoms with Crippen LogP contribution in [0.15, 0.2) is 121 Å². The monoisotopic (exact) mass is 574 g/mol. The second kappa shape index (κ2) is 14.6. The van der Waals surface area contributed by atoms with Gasteiger partial charge in [0, 0.05) is 30.5 Å². The van der Waals surface area contributed by atoms with Crippen LogP contribution >= 0.6 is 0 Å². The number of hydrogen-bond acceptors (Lipinski definition) is 6. The molecule has 218 valence electrons. The lowest BCUT2D eigenvalue weighted by Crippen LogP contribution is -2.11. The van der Waals surface area contributed by atoms with Crippen molar-refractivity contribution in [2.75, 3.05) is 7.11 Å². The van der Waals surface area contributed by atoms with Crippen molar-refractivity contribution in [3.8, 4) is 28.7 Å². The van der Waals surface area contributed by atoms with Crippen LogP contribution in [0.5, 0.6) is 28.7 Å². The van der Waals surface area contributed by atoms with E-state index in [2.05, 4.69) is 0 Å². The lowest BCUT2D eigenvalue weighted by Gasteiger charge is -2.17. The molecular formula is C37H34O6. The number of phenolic OH excluding ortho intramolecular Hbond substituents is 1. The summed E-state index contributed by atoms with van der Waals surface area (Å²) in [4.78, 5) is 13.5. The van der Waals surface area contributed by atoms with Gasteiger partial charge in [0.15, 0.2) is 11.5 Å². The Morgan fingerprint density at radius 3 is 1.47 bits per heavy atom. The molecule has 1 N–H and O–H groups in total. The van der Waals surface area contributed by atoms with Crippen LogP contribution in [0.4, 0.5) is 0 Å². The Labute approximate surface area is 252 Å². The lowest BCUT2D eigenvalue weighted by molar-refractivity contribution is -0.117. The van der Waals surface area contributed by atoms with Gasteiger partial charge >= 0.3 is 0 Å². The number of ketones is 1. The predicted octanol–water partition coefficient (Wildman–Crippen LogP) is 7.49. The fourth-order valence-electron chi connectivity index (χ4n) is 4.67. The molecule has 0 spiro atoms. The first kappa shape index (κ1) is 29.3. The van der Waals surface area contributed by atoms with Gasteiger partial charge in [0.05, 0.1) is 7.11 Å². The zero-order valence-electron chi connectivity index (χ0n) is 24.1. The summed E-state index contributed by atoms with van der Waals surface area (Å²) >= 11 is 0. The highest BCUT2D eigenvalue weighted by molar-refractivity contribution is 5.84. The van der Waals surface area contributed by atoms with Crippen molar-refractivity contribution in [1.29, 1.82) is 0 Å². The molecule has 0 fully saturated rings. The highest BCUT2D eigenvalue weighted by Crippen LogP contribution is 2.36. The topological polar surface area (TPSA) is 74.2 Å². The SMILES string of the molecule is COc1ccc(CC(=O)Cc2c(OCc3ccccc3)cc(O)cc2OCc2ccccc2)cc1OCc1ccccc1. The van der Waals surface area contributed by atoms with Crippen LogP contribution in [-0.4, -0.2) is 18.0 Å². The van der Waals surface area contributed by atoms with Gasteiger partial charge in [-0.1, -0.05) is 97.1 Å². The second-order valence-corrected chi connectivity index (χ2v) is 10.1. The third kappa shape index (κ3) is 8.39. The Bertz CT molecular complexity index is 1550. The minimum absolute atomic E-state index is 0.00215. The molecule has 0 saturated heterocycles. The molecule has 0 aliphatic rings. The molecule has 0 amide bonds. The van der Waals surface area contributed by atoms with E-state index in [4.69, 9.17) is 18.9 Å². The van der Waals surface area contributed by atoms with E-state index >= 15 is 0 Å². The van der Waals surface area contributed by atoms with Crippen molar-refractivity contribution in [3.63, 3.8) is 0 Å². The third-order valence-electron chi connectivity index (χ3n) is 6.87. The number of methoxy groups -OCH3 is 1. The van der Waals surface area contributed by atoms with Crippen LogP contribution in [0.1, 0.15) is 27.8 Å². The van der Waals surface area contributed by atoms with Gasteiger partial charge in [-0.2, -0.15) is 0 Å². The van der Waals surface area contributed by atoms with Crippen molar-refractivity contribution in [2.45, 2.75) is 32.7 Å². The Kier molecular flexibility index (Phi) is 9.94. The standard InChI is InChI=1S/C37H34O6/c1-40-34-18-17-30(20-37(34)43-26-29-15-9-4-10-16-29)19-31(38)21-33-35(41-24-27-11-5-2-6-12-27)22-32(39)23-36(33)42-25-28-13-7-3-8-14-28/h2-18,20,22-23,39H,19,21,24-26H2,1H3. The average molecular weight is 575 g/mol. The minimum Gasteiger partial charge on any atom is -0.508 e. The van der Waals surface area contributed by atoms with Crippen LogP contribution in [0.25, 0.3) is 0 Å². The van der Waals surface area contributed by atoms with Crippen molar-refractivity contribution in [2.24, 2.45) is 0 Å². The fraction of sp³-hybridized carbons (Fsp3) is 0.162. The van der Waals surface area contributed by atoms with E-state index < -0.39 is 0 Å². The molecule has 43 heavy (non-hydrogen) atoms. The molecule has 0 aliphatic carbocycles. The summed E-state index contributed by atoms with van der Waals surface area (Å²) in [5.74, 6) is 1.93. The van der Waals surface area contributed by atoms with Gasteiger partial charge in [-0.05, 0) is 34.4 Å². The van der Waals surface area contributed by atoms with Crippen molar-refractivity contribution < 1.29 is 28.8 Å². The van der Waals surface area contributed by atoms with E-state index in [0.717, 1.165) is 22.3 Å². The fourth-order valence-corrected chi connectivity index (χ4v) is 4.67. The molecule has 0 aliphatic heterocycles. The molecule has 0 atom stereocenters. The maximum atomic E-state index is 13.5. The largest absolute Gasteiger partial charge is 0.508 e. The molecule has 6 nitrogen and oxygen atoms in total. The molecular weight excluding hydrogens is 540 g/mol. The molecule has 0 saturated carbocycles. The van der Waals surface area contributed by atoms with Gasteiger partial charge in [0.1, 0.15) is 42.9 Å². The van der Waals surface area contributed by atoms with E-state index in [-0.39, 0.29) is 37.6 Å². The van der Waals surface area contributed by atoms with Gasteiger partial charge < -0.3 is 24.1 Å². The van der Waals surface area contributed by atoms with E-state index in [9.17, 15) is 9.90 Å². The maximum Gasteiger partial charge on any atom is 0.161 e. The molecule has 5 rings (SSSR count). The number of carbonyl (C=O) groups excluding carboxylic acids is 1. The van der Waals surface area contributed by atoms with E-state index in [0.29, 0.717) is 35.2 Å². The van der Waals surface area contributed by atoms with Gasteiger partial charge in [-0.25, -0.2) is 0 Å². The van der Waals surface area contributed by atoms with Gasteiger partial charge in [-0.3, -0.25) is 4.79 Å². The first-order valence-electron chi connectivity index (χ1n) is 14.1. The Balaban J connectivity index is 1.35. The maximum absolute atomic E-state index is 13.5. The van der Waals surface area contributed by atoms with Crippen LogP contribution < -0.4 is 18.9 Å². The highest BCUT2D eigenvalue weighted by atomic mass is 16.5. The Morgan fingerprint density at radius 1 is 0.535 bits per heavy atom. The molecule has 0 radical (unpaired) electrons. The van der Waals surface area contributed by atoms with E-state index in [1.165, 1.54) is 12.1 Å². The zero-order chi connectivity index (χ0) is 29.9. The number of rotatable bonds is 14. The molecule has 5 aromatic carbocycles. The number of carbonyl (C=O) groups is 1. The van der Waals surface area contributed by atoms with Crippen LogP contribution in [0.2, 0.25) is 0 Å². The molecule has 0 aromatic heterocycles. The van der Waals surface area contributed by atoms with Crippen molar-refractivity contribution >= 4 is 5.78 Å². The quantitative estimate of drug-likeness (QED) is 0.148. The van der Waals surface area contributed by atoms with Crippen molar-refractivity contribution in [3.05, 3.63) is 149 Å². The van der Waals surface area contributed by atoms with Gasteiger partial charge in [0.25, 0.3) is 0 Å². The summed E-state index contributed by atoms with van der Waals surface area (Å²) in [7, 11) is 1.59. The smallest absolute Gasteiger partial charge is 0.161 e. The molecule has 0 bridgehead atoms. The first-order valence-corrected chi connectivity index (χ1v) is 14.1.